The summed E-state index contributed by atoms with van der Waals surface area (Å²) in [5, 5.41) is 0. The number of ether oxygens (including phenoxy) is 1. The van der Waals surface area contributed by atoms with Gasteiger partial charge in [0.25, 0.3) is 0 Å². The number of hydrogen-bond acceptors (Lipinski definition) is 3. The molecule has 0 atom stereocenters. The summed E-state index contributed by atoms with van der Waals surface area (Å²) in [5.74, 6) is 1.33. The number of unbranched alkanes of at least 4 members (excludes halogenated alkanes) is 3. The van der Waals surface area contributed by atoms with Gasteiger partial charge in [-0.05, 0) is 46.5 Å². The van der Waals surface area contributed by atoms with Gasteiger partial charge in [-0.25, -0.2) is 0 Å². The monoisotopic (exact) mass is 516 g/mol. The molecule has 0 amide bonds. The second-order valence-corrected chi connectivity index (χ2v) is 7.93. The predicted molar refractivity (Wildman–Crippen MR) is 167 cm³/mol. The van der Waals surface area contributed by atoms with E-state index in [4.69, 9.17) is 4.74 Å². The number of allylic oxidation sites excluding steroid dienone is 4. The van der Waals surface area contributed by atoms with E-state index in [2.05, 4.69) is 38.7 Å². The van der Waals surface area contributed by atoms with Crippen molar-refractivity contribution in [2.75, 3.05) is 7.11 Å². The molecule has 3 heteroatoms. The number of aryl methyl sites for hydroxylation is 1. The minimum atomic E-state index is 0.268. The summed E-state index contributed by atoms with van der Waals surface area (Å²) >= 11 is 0. The molecule has 0 aliphatic heterocycles. The predicted octanol–water partition coefficient (Wildman–Crippen LogP) is 10.9. The molecule has 0 saturated heterocycles. The lowest BCUT2D eigenvalue weighted by Crippen LogP contribution is -1.94. The first-order chi connectivity index (χ1) is 17.8. The van der Waals surface area contributed by atoms with Crippen molar-refractivity contribution in [1.82, 2.24) is 0 Å². The first kappa shape index (κ1) is 41.7. The van der Waals surface area contributed by atoms with Gasteiger partial charge < -0.3 is 9.53 Å². The Morgan fingerprint density at radius 2 is 1.35 bits per heavy atom. The molecule has 0 bridgehead atoms. The van der Waals surface area contributed by atoms with E-state index in [0.717, 1.165) is 37.7 Å². The molecular weight excluding hydrogens is 456 g/mol. The molecule has 1 aromatic rings. The van der Waals surface area contributed by atoms with E-state index in [1.165, 1.54) is 24.0 Å². The van der Waals surface area contributed by atoms with Crippen LogP contribution in [-0.4, -0.2) is 18.7 Å². The van der Waals surface area contributed by atoms with Gasteiger partial charge in [0.2, 0.25) is 0 Å². The minimum absolute atomic E-state index is 0.268. The number of ketones is 2. The third kappa shape index (κ3) is 31.6. The molecule has 1 aromatic carbocycles. The van der Waals surface area contributed by atoms with E-state index < -0.39 is 0 Å². The van der Waals surface area contributed by atoms with Gasteiger partial charge in [0.05, 0.1) is 7.11 Å². The molecule has 0 N–H and O–H groups in total. The van der Waals surface area contributed by atoms with E-state index in [-0.39, 0.29) is 5.78 Å². The molecule has 2 rings (SSSR count). The van der Waals surface area contributed by atoms with Crippen LogP contribution >= 0.6 is 0 Å². The standard InChI is InChI=1S/C11H20O2.C10H12O.C7H10.3C2H6/c1-3-11(13)9-7-5-4-6-8-10(2)12;1-8-4-6-10(7-5-8)9(2)11-3;1-7-5-3-2-4-6-7;3*1-2/h3-9H2,1-2H3;4-7H,2H2,1,3H3;3,5-6H,2,4H2,1H3;3*1-2H3. The third-order valence-corrected chi connectivity index (χ3v) is 4.93. The molecule has 0 unspecified atom stereocenters. The summed E-state index contributed by atoms with van der Waals surface area (Å²) in [4.78, 5) is 21.5. The van der Waals surface area contributed by atoms with Crippen molar-refractivity contribution in [3.8, 4) is 0 Å². The van der Waals surface area contributed by atoms with Gasteiger partial charge in [0.1, 0.15) is 17.3 Å². The quantitative estimate of drug-likeness (QED) is 0.229. The fourth-order valence-corrected chi connectivity index (χ4v) is 2.83. The largest absolute Gasteiger partial charge is 0.497 e. The molecule has 0 radical (unpaired) electrons. The molecule has 0 fully saturated rings. The molecule has 0 spiro atoms. The van der Waals surface area contributed by atoms with Crippen LogP contribution in [0.5, 0.6) is 0 Å². The Labute approximate surface area is 231 Å². The van der Waals surface area contributed by atoms with Crippen LogP contribution in [0.15, 0.2) is 54.6 Å². The Bertz CT molecular complexity index is 709. The van der Waals surface area contributed by atoms with E-state index in [0.29, 0.717) is 24.4 Å². The smallest absolute Gasteiger partial charge is 0.132 e. The number of benzene rings is 1. The van der Waals surface area contributed by atoms with Gasteiger partial charge in [-0.2, -0.15) is 0 Å². The molecule has 37 heavy (non-hydrogen) atoms. The zero-order chi connectivity index (χ0) is 29.5. The maximum absolute atomic E-state index is 10.9. The maximum atomic E-state index is 10.9. The number of Topliss-reactive ketones (excluding diaryl/α,β-unsaturated/α-hetero) is 2. The van der Waals surface area contributed by atoms with Crippen molar-refractivity contribution in [1.29, 1.82) is 0 Å². The van der Waals surface area contributed by atoms with E-state index in [1.54, 1.807) is 14.0 Å². The number of hydrogen-bond donors (Lipinski definition) is 0. The third-order valence-electron chi connectivity index (χ3n) is 4.93. The van der Waals surface area contributed by atoms with Crippen molar-refractivity contribution >= 4 is 17.3 Å². The summed E-state index contributed by atoms with van der Waals surface area (Å²) in [6, 6.07) is 8.08. The average molecular weight is 517 g/mol. The molecular formula is C34H60O3. The molecule has 0 aromatic heterocycles. The van der Waals surface area contributed by atoms with Gasteiger partial charge >= 0.3 is 0 Å². The number of carbonyl (C=O) groups is 2. The summed E-state index contributed by atoms with van der Waals surface area (Å²) in [5.41, 5.74) is 3.70. The van der Waals surface area contributed by atoms with E-state index in [1.807, 2.05) is 72.7 Å². The first-order valence-electron chi connectivity index (χ1n) is 14.4. The Morgan fingerprint density at radius 3 is 1.70 bits per heavy atom. The van der Waals surface area contributed by atoms with Crippen LogP contribution in [-0.2, 0) is 14.3 Å². The van der Waals surface area contributed by atoms with Gasteiger partial charge in [-0.15, -0.1) is 0 Å². The Balaban J connectivity index is -0.000000205. The molecule has 0 heterocycles. The highest BCUT2D eigenvalue weighted by molar-refractivity contribution is 5.77. The second-order valence-electron chi connectivity index (χ2n) is 7.93. The van der Waals surface area contributed by atoms with Crippen LogP contribution in [0.3, 0.4) is 0 Å². The van der Waals surface area contributed by atoms with Gasteiger partial charge in [0, 0.05) is 24.8 Å². The minimum Gasteiger partial charge on any atom is -0.497 e. The normalized spacial score (nSPS) is 10.4. The van der Waals surface area contributed by atoms with Crippen molar-refractivity contribution in [2.24, 2.45) is 0 Å². The topological polar surface area (TPSA) is 43.4 Å². The highest BCUT2D eigenvalue weighted by atomic mass is 16.5. The summed E-state index contributed by atoms with van der Waals surface area (Å²) in [7, 11) is 1.63. The van der Waals surface area contributed by atoms with Crippen molar-refractivity contribution < 1.29 is 14.3 Å². The summed E-state index contributed by atoms with van der Waals surface area (Å²) in [6.07, 6.45) is 15.3. The fraction of sp³-hybridized carbons (Fsp3) is 0.588. The average Bonchev–Trinajstić information content (AvgIpc) is 2.94. The lowest BCUT2D eigenvalue weighted by Gasteiger charge is -2.03. The van der Waals surface area contributed by atoms with Crippen LogP contribution in [0.1, 0.15) is 131 Å². The summed E-state index contributed by atoms with van der Waals surface area (Å²) < 4.78 is 4.98. The van der Waals surface area contributed by atoms with Crippen LogP contribution < -0.4 is 0 Å². The molecule has 214 valence electrons. The first-order valence-corrected chi connectivity index (χ1v) is 14.4. The molecule has 1 aliphatic carbocycles. The van der Waals surface area contributed by atoms with Crippen LogP contribution in [0, 0.1) is 6.92 Å². The highest BCUT2D eigenvalue weighted by Gasteiger charge is 1.98. The number of rotatable bonds is 10. The second kappa shape index (κ2) is 33.6. The van der Waals surface area contributed by atoms with E-state index >= 15 is 0 Å². The van der Waals surface area contributed by atoms with E-state index in [9.17, 15) is 9.59 Å². The van der Waals surface area contributed by atoms with Crippen molar-refractivity contribution in [2.45, 2.75) is 127 Å². The highest BCUT2D eigenvalue weighted by Crippen LogP contribution is 2.12. The SMILES string of the molecule is C=C(OC)c1ccc(C)cc1.CC.CC.CC.CC1=CCCC=C1.CCC(=O)CCCCCCC(C)=O. The fourth-order valence-electron chi connectivity index (χ4n) is 2.83. The Hall–Kier alpha value is -2.42. The van der Waals surface area contributed by atoms with Crippen LogP contribution in [0.25, 0.3) is 5.76 Å². The van der Waals surface area contributed by atoms with Crippen molar-refractivity contribution in [3.05, 3.63) is 65.8 Å². The zero-order valence-corrected chi connectivity index (χ0v) is 26.3. The van der Waals surface area contributed by atoms with Crippen LogP contribution in [0.2, 0.25) is 0 Å². The molecule has 0 saturated carbocycles. The van der Waals surface area contributed by atoms with Gasteiger partial charge in [-0.1, -0.05) is 122 Å². The maximum Gasteiger partial charge on any atom is 0.132 e. The summed E-state index contributed by atoms with van der Waals surface area (Å²) in [6.45, 7) is 23.5. The molecule has 1 aliphatic rings. The molecule has 3 nitrogen and oxygen atoms in total. The van der Waals surface area contributed by atoms with Gasteiger partial charge in [-0.3, -0.25) is 4.79 Å². The number of methoxy groups -OCH3 is 1. The van der Waals surface area contributed by atoms with Crippen LogP contribution in [0.4, 0.5) is 0 Å². The number of carbonyl (C=O) groups excluding carboxylic acids is 2. The lowest BCUT2D eigenvalue weighted by molar-refractivity contribution is -0.119. The zero-order valence-electron chi connectivity index (χ0n) is 26.3. The Kier molecular flexibility index (Phi) is 37.8. The Morgan fingerprint density at radius 1 is 0.838 bits per heavy atom. The van der Waals surface area contributed by atoms with Gasteiger partial charge in [0.15, 0.2) is 0 Å². The van der Waals surface area contributed by atoms with Crippen molar-refractivity contribution in [3.63, 3.8) is 0 Å². The lowest BCUT2D eigenvalue weighted by atomic mass is 10.1.